The van der Waals surface area contributed by atoms with Crippen LogP contribution < -0.4 is 5.69 Å². The molecule has 25 heavy (non-hydrogen) atoms. The number of benzene rings is 1. The molecular weight excluding hydrogens is 340 g/mol. The topological polar surface area (TPSA) is 84.5 Å². The van der Waals surface area contributed by atoms with Crippen molar-refractivity contribution in [2.24, 2.45) is 0 Å². The van der Waals surface area contributed by atoms with E-state index in [9.17, 15) is 19.8 Å². The summed E-state index contributed by atoms with van der Waals surface area (Å²) in [5, 5.41) is 20.1. The van der Waals surface area contributed by atoms with E-state index in [-0.39, 0.29) is 11.9 Å². The number of hydrogen-bond donors (Lipinski definition) is 3. The zero-order chi connectivity index (χ0) is 18.0. The second kappa shape index (κ2) is 7.00. The first-order chi connectivity index (χ1) is 12.0. The molecule has 2 aromatic rings. The van der Waals surface area contributed by atoms with Crippen LogP contribution in [-0.4, -0.2) is 31.1 Å². The van der Waals surface area contributed by atoms with Crippen LogP contribution in [0.4, 0.5) is 0 Å². The van der Waals surface area contributed by atoms with Crippen molar-refractivity contribution >= 4 is 18.6 Å². The van der Waals surface area contributed by atoms with Crippen LogP contribution in [0.1, 0.15) is 37.3 Å². The minimum Gasteiger partial charge on any atom is -0.493 e. The third-order valence-electron chi connectivity index (χ3n) is 5.08. The minimum absolute atomic E-state index is 0.215. The van der Waals surface area contributed by atoms with Gasteiger partial charge in [-0.15, -0.1) is 0 Å². The monoisotopic (exact) mass is 362 g/mol. The molecule has 0 bridgehead atoms. The molecular formula is C18H22N2O4S. The van der Waals surface area contributed by atoms with Gasteiger partial charge in [0.05, 0.1) is 12.2 Å². The Morgan fingerprint density at radius 2 is 1.88 bits per heavy atom. The molecule has 1 saturated carbocycles. The quantitative estimate of drug-likeness (QED) is 0.689. The van der Waals surface area contributed by atoms with Crippen LogP contribution in [-0.2, 0) is 16.8 Å². The lowest BCUT2D eigenvalue weighted by molar-refractivity contribution is -0.147. The van der Waals surface area contributed by atoms with Gasteiger partial charge in [0, 0.05) is 5.75 Å². The molecule has 2 N–H and O–H groups in total. The van der Waals surface area contributed by atoms with Crippen molar-refractivity contribution in [1.82, 2.24) is 9.13 Å². The number of carbonyl (C=O) groups is 1. The van der Waals surface area contributed by atoms with Crippen LogP contribution in [0.3, 0.4) is 0 Å². The Balaban J connectivity index is 2.01. The first-order valence-corrected chi connectivity index (χ1v) is 9.04. The summed E-state index contributed by atoms with van der Waals surface area (Å²) in [4.78, 5) is 24.8. The van der Waals surface area contributed by atoms with Gasteiger partial charge in [-0.05, 0) is 24.8 Å². The molecule has 0 radical (unpaired) electrons. The molecule has 1 unspecified atom stereocenters. The molecule has 6 nitrogen and oxygen atoms in total. The molecule has 1 aliphatic carbocycles. The molecule has 3 rings (SSSR count). The van der Waals surface area contributed by atoms with Crippen LogP contribution in [0, 0.1) is 0 Å². The maximum atomic E-state index is 12.9. The number of hydrogen-bond acceptors (Lipinski definition) is 4. The van der Waals surface area contributed by atoms with Crippen molar-refractivity contribution in [3.63, 3.8) is 0 Å². The predicted octanol–water partition coefficient (Wildman–Crippen LogP) is 2.42. The number of aromatic hydroxyl groups is 1. The lowest BCUT2D eigenvalue weighted by atomic mass is 9.98. The van der Waals surface area contributed by atoms with Crippen LogP contribution in [0.5, 0.6) is 5.88 Å². The fourth-order valence-electron chi connectivity index (χ4n) is 3.74. The van der Waals surface area contributed by atoms with Gasteiger partial charge < -0.3 is 10.2 Å². The molecule has 7 heteroatoms. The van der Waals surface area contributed by atoms with Gasteiger partial charge in [-0.1, -0.05) is 43.2 Å². The van der Waals surface area contributed by atoms with Crippen molar-refractivity contribution in [1.29, 1.82) is 0 Å². The fraction of sp³-hybridized carbons (Fsp3) is 0.444. The molecule has 1 heterocycles. The highest BCUT2D eigenvalue weighted by Crippen LogP contribution is 2.37. The summed E-state index contributed by atoms with van der Waals surface area (Å²) in [6.45, 7) is 0. The number of carboxylic acid groups (broad SMARTS) is 1. The number of aliphatic carboxylic acids is 1. The SMILES string of the molecule is O=C(O)C1(n2cc(O)n(C(CS)Cc3ccccc3)c2=O)CCCC1. The average molecular weight is 362 g/mol. The largest absolute Gasteiger partial charge is 0.493 e. The van der Waals surface area contributed by atoms with Crippen LogP contribution >= 0.6 is 12.6 Å². The Labute approximate surface area is 151 Å². The molecule has 1 aliphatic rings. The standard InChI is InChI=1S/C18H22N2O4S/c21-15-11-19(18(16(22)23)8-4-5-9-18)17(24)20(15)14(12-25)10-13-6-2-1-3-7-13/h1-3,6-7,11,14,21,25H,4-5,8-10,12H2,(H,22,23). The van der Waals surface area contributed by atoms with E-state index >= 15 is 0 Å². The second-order valence-electron chi connectivity index (χ2n) is 6.58. The molecule has 1 fully saturated rings. The van der Waals surface area contributed by atoms with Crippen LogP contribution in [0.25, 0.3) is 0 Å². The molecule has 134 valence electrons. The van der Waals surface area contributed by atoms with Gasteiger partial charge in [0.15, 0.2) is 0 Å². The summed E-state index contributed by atoms with van der Waals surface area (Å²) in [5.74, 6) is -0.880. The zero-order valence-electron chi connectivity index (χ0n) is 13.8. The number of carboxylic acids is 1. The van der Waals surface area contributed by atoms with E-state index in [1.165, 1.54) is 15.3 Å². The summed E-state index contributed by atoms with van der Waals surface area (Å²) in [7, 11) is 0. The lowest BCUT2D eigenvalue weighted by Gasteiger charge is -2.24. The molecule has 1 aromatic heterocycles. The summed E-state index contributed by atoms with van der Waals surface area (Å²) >= 11 is 4.34. The highest BCUT2D eigenvalue weighted by molar-refractivity contribution is 7.80. The Morgan fingerprint density at radius 3 is 2.44 bits per heavy atom. The van der Waals surface area contributed by atoms with E-state index in [0.717, 1.165) is 18.4 Å². The van der Waals surface area contributed by atoms with Crippen LogP contribution in [0.15, 0.2) is 41.3 Å². The van der Waals surface area contributed by atoms with Gasteiger partial charge in [-0.3, -0.25) is 9.13 Å². The second-order valence-corrected chi connectivity index (χ2v) is 6.94. The van der Waals surface area contributed by atoms with Crippen molar-refractivity contribution in [2.75, 3.05) is 5.75 Å². The van der Waals surface area contributed by atoms with Gasteiger partial charge in [0.25, 0.3) is 0 Å². The molecule has 0 spiro atoms. The zero-order valence-corrected chi connectivity index (χ0v) is 14.7. The lowest BCUT2D eigenvalue weighted by Crippen LogP contribution is -2.46. The van der Waals surface area contributed by atoms with Gasteiger partial charge >= 0.3 is 11.7 Å². The van der Waals surface area contributed by atoms with Gasteiger partial charge in [-0.25, -0.2) is 9.59 Å². The first kappa shape index (κ1) is 17.7. The van der Waals surface area contributed by atoms with Crippen LogP contribution in [0.2, 0.25) is 0 Å². The normalized spacial score (nSPS) is 17.5. The van der Waals surface area contributed by atoms with Gasteiger partial charge in [0.2, 0.25) is 5.88 Å². The summed E-state index contributed by atoms with van der Waals surface area (Å²) in [6.07, 6.45) is 4.10. The highest BCUT2D eigenvalue weighted by atomic mass is 32.1. The van der Waals surface area contributed by atoms with E-state index in [4.69, 9.17) is 0 Å². The Hall–Kier alpha value is -2.15. The van der Waals surface area contributed by atoms with E-state index in [1.54, 1.807) is 0 Å². The molecule has 1 aromatic carbocycles. The third kappa shape index (κ3) is 3.08. The van der Waals surface area contributed by atoms with Crippen molar-refractivity contribution in [2.45, 2.75) is 43.7 Å². The molecule has 0 aliphatic heterocycles. The van der Waals surface area contributed by atoms with Crippen molar-refractivity contribution < 1.29 is 15.0 Å². The van der Waals surface area contributed by atoms with E-state index in [0.29, 0.717) is 25.0 Å². The number of aromatic nitrogens is 2. The Morgan fingerprint density at radius 1 is 1.24 bits per heavy atom. The fourth-order valence-corrected chi connectivity index (χ4v) is 4.03. The molecule has 0 saturated heterocycles. The van der Waals surface area contributed by atoms with E-state index in [1.807, 2.05) is 30.3 Å². The number of thiol groups is 1. The Bertz CT molecular complexity index is 806. The predicted molar refractivity (Wildman–Crippen MR) is 97.5 cm³/mol. The van der Waals surface area contributed by atoms with Crippen molar-refractivity contribution in [3.8, 4) is 5.88 Å². The smallest absolute Gasteiger partial charge is 0.332 e. The Kier molecular flexibility index (Phi) is 4.94. The number of rotatable bonds is 6. The third-order valence-corrected chi connectivity index (χ3v) is 5.51. The summed E-state index contributed by atoms with van der Waals surface area (Å²) in [6, 6.07) is 9.28. The molecule has 1 atom stereocenters. The van der Waals surface area contributed by atoms with Gasteiger partial charge in [0.1, 0.15) is 5.54 Å². The maximum Gasteiger partial charge on any atom is 0.332 e. The highest BCUT2D eigenvalue weighted by Gasteiger charge is 2.45. The average Bonchev–Trinajstić information content (AvgIpc) is 3.20. The molecule has 0 amide bonds. The van der Waals surface area contributed by atoms with E-state index in [2.05, 4.69) is 12.6 Å². The van der Waals surface area contributed by atoms with Crippen molar-refractivity contribution in [3.05, 3.63) is 52.6 Å². The number of nitrogens with zero attached hydrogens (tertiary/aromatic N) is 2. The van der Waals surface area contributed by atoms with E-state index < -0.39 is 17.2 Å². The maximum absolute atomic E-state index is 12.9. The summed E-state index contributed by atoms with van der Waals surface area (Å²) in [5.41, 5.74) is -0.723. The summed E-state index contributed by atoms with van der Waals surface area (Å²) < 4.78 is 2.47. The first-order valence-electron chi connectivity index (χ1n) is 8.41. The number of imidazole rings is 1. The minimum atomic E-state index is -1.26. The van der Waals surface area contributed by atoms with Gasteiger partial charge in [-0.2, -0.15) is 12.6 Å².